The second-order valence-corrected chi connectivity index (χ2v) is 5.61. The molecular weight excluding hydrogens is 290 g/mol. The van der Waals surface area contributed by atoms with Crippen molar-refractivity contribution >= 4 is 5.52 Å². The van der Waals surface area contributed by atoms with Gasteiger partial charge in [-0.3, -0.25) is 0 Å². The molecule has 8 heteroatoms. The molecule has 1 fully saturated rings. The van der Waals surface area contributed by atoms with Crippen LogP contribution in [0.4, 0.5) is 0 Å². The van der Waals surface area contributed by atoms with Gasteiger partial charge in [-0.05, 0) is 26.0 Å². The monoisotopic (exact) mass is 309 g/mol. The van der Waals surface area contributed by atoms with E-state index in [1.165, 1.54) is 20.4 Å². The third-order valence-corrected chi connectivity index (χ3v) is 4.36. The molecule has 1 aliphatic heterocycles. The average Bonchev–Trinajstić information content (AvgIpc) is 3.01. The number of aliphatic hydroxyl groups is 3. The molecule has 22 heavy (non-hydrogen) atoms. The summed E-state index contributed by atoms with van der Waals surface area (Å²) < 4.78 is 12.7. The van der Waals surface area contributed by atoms with Gasteiger partial charge in [0, 0.05) is 7.11 Å². The Bertz CT molecular complexity index is 701. The number of ether oxygens (including phenoxy) is 2. The van der Waals surface area contributed by atoms with Crippen molar-refractivity contribution in [3.63, 3.8) is 0 Å². The highest BCUT2D eigenvalue weighted by Gasteiger charge is 2.65. The van der Waals surface area contributed by atoms with Gasteiger partial charge in [-0.2, -0.15) is 5.10 Å². The van der Waals surface area contributed by atoms with Crippen molar-refractivity contribution in [2.24, 2.45) is 0 Å². The summed E-state index contributed by atoms with van der Waals surface area (Å²) in [6, 6.07) is 3.48. The van der Waals surface area contributed by atoms with Gasteiger partial charge in [-0.25, -0.2) is 9.50 Å². The molecule has 3 N–H and O–H groups in total. The van der Waals surface area contributed by atoms with E-state index in [4.69, 9.17) is 9.47 Å². The third-order valence-electron chi connectivity index (χ3n) is 4.36. The summed E-state index contributed by atoms with van der Waals surface area (Å²) in [5.74, 6) is -1.66. The highest BCUT2D eigenvalue weighted by atomic mass is 16.7. The molecule has 0 saturated carbocycles. The van der Waals surface area contributed by atoms with E-state index < -0.39 is 30.2 Å². The Morgan fingerprint density at radius 3 is 2.77 bits per heavy atom. The van der Waals surface area contributed by atoms with E-state index in [2.05, 4.69) is 10.1 Å². The zero-order valence-corrected chi connectivity index (χ0v) is 12.6. The van der Waals surface area contributed by atoms with Crippen molar-refractivity contribution in [1.82, 2.24) is 14.6 Å². The topological polar surface area (TPSA) is 109 Å². The smallest absolute Gasteiger partial charge is 0.244 e. The second kappa shape index (κ2) is 4.97. The van der Waals surface area contributed by atoms with Crippen LogP contribution in [0.1, 0.15) is 18.3 Å². The minimum absolute atomic E-state index is 0.413. The molecule has 0 aromatic carbocycles. The lowest BCUT2D eigenvalue weighted by Gasteiger charge is -2.37. The predicted molar refractivity (Wildman–Crippen MR) is 75.0 cm³/mol. The van der Waals surface area contributed by atoms with E-state index in [9.17, 15) is 15.3 Å². The van der Waals surface area contributed by atoms with E-state index in [1.54, 1.807) is 16.6 Å². The van der Waals surface area contributed by atoms with Gasteiger partial charge in [0.2, 0.25) is 5.79 Å². The fraction of sp³-hybridized carbons (Fsp3) is 0.571. The number of aromatic nitrogens is 3. The molecule has 0 amide bonds. The highest BCUT2D eigenvalue weighted by molar-refractivity contribution is 5.53. The van der Waals surface area contributed by atoms with E-state index in [0.29, 0.717) is 5.69 Å². The van der Waals surface area contributed by atoms with E-state index in [1.807, 2.05) is 6.92 Å². The molecule has 3 heterocycles. The zero-order valence-electron chi connectivity index (χ0n) is 12.6. The summed E-state index contributed by atoms with van der Waals surface area (Å²) in [5.41, 5.74) is 0.123. The van der Waals surface area contributed by atoms with Crippen molar-refractivity contribution in [3.05, 3.63) is 29.8 Å². The first-order valence-electron chi connectivity index (χ1n) is 6.93. The van der Waals surface area contributed by atoms with Crippen molar-refractivity contribution in [2.45, 2.75) is 37.4 Å². The lowest BCUT2D eigenvalue weighted by molar-refractivity contribution is -0.290. The lowest BCUT2D eigenvalue weighted by Crippen LogP contribution is -2.54. The first kappa shape index (κ1) is 15.3. The Labute approximate surface area is 126 Å². The summed E-state index contributed by atoms with van der Waals surface area (Å²) in [7, 11) is 1.37. The van der Waals surface area contributed by atoms with E-state index >= 15 is 0 Å². The van der Waals surface area contributed by atoms with Crippen LogP contribution in [0.2, 0.25) is 0 Å². The summed E-state index contributed by atoms with van der Waals surface area (Å²) in [5, 5.41) is 34.6. The molecule has 0 aliphatic carbocycles. The number of nitrogens with zero attached hydrogens (tertiary/aromatic N) is 3. The zero-order chi connectivity index (χ0) is 16.1. The Morgan fingerprint density at radius 1 is 1.45 bits per heavy atom. The molecule has 1 aliphatic rings. The van der Waals surface area contributed by atoms with Crippen LogP contribution in [-0.4, -0.2) is 61.4 Å². The van der Waals surface area contributed by atoms with Gasteiger partial charge in [-0.1, -0.05) is 0 Å². The maximum Gasteiger partial charge on any atom is 0.244 e. The van der Waals surface area contributed by atoms with Crippen LogP contribution >= 0.6 is 0 Å². The summed E-state index contributed by atoms with van der Waals surface area (Å²) in [6.07, 6.45) is -0.895. The average molecular weight is 309 g/mol. The maximum absolute atomic E-state index is 10.8. The van der Waals surface area contributed by atoms with Gasteiger partial charge in [0.15, 0.2) is 5.60 Å². The Kier molecular flexibility index (Phi) is 3.46. The van der Waals surface area contributed by atoms with Gasteiger partial charge in [0.05, 0.1) is 17.8 Å². The van der Waals surface area contributed by atoms with Crippen LogP contribution in [-0.2, 0) is 15.3 Å². The van der Waals surface area contributed by atoms with Gasteiger partial charge in [0.25, 0.3) is 0 Å². The van der Waals surface area contributed by atoms with E-state index in [-0.39, 0.29) is 0 Å². The number of hydrogen-bond donors (Lipinski definition) is 3. The fourth-order valence-electron chi connectivity index (χ4n) is 3.08. The molecule has 2 aromatic heterocycles. The van der Waals surface area contributed by atoms with Crippen molar-refractivity contribution in [2.75, 3.05) is 13.7 Å². The predicted octanol–water partition coefficient (Wildman–Crippen LogP) is -0.660. The van der Waals surface area contributed by atoms with Gasteiger partial charge < -0.3 is 24.8 Å². The number of hydrogen-bond acceptors (Lipinski definition) is 7. The van der Waals surface area contributed by atoms with Crippen LogP contribution in [0, 0.1) is 6.92 Å². The van der Waals surface area contributed by atoms with Crippen LogP contribution in [0.3, 0.4) is 0 Å². The number of rotatable bonds is 3. The number of aliphatic hydroxyl groups excluding tert-OH is 2. The number of aryl methyl sites for hydroxylation is 1. The van der Waals surface area contributed by atoms with Crippen molar-refractivity contribution in [1.29, 1.82) is 0 Å². The Hall–Kier alpha value is -1.58. The first-order chi connectivity index (χ1) is 10.4. The molecule has 1 saturated heterocycles. The van der Waals surface area contributed by atoms with Crippen LogP contribution in [0.5, 0.6) is 0 Å². The molecular formula is C14H19N3O5. The molecule has 0 radical (unpaired) electrons. The molecule has 0 spiro atoms. The molecule has 2 aromatic rings. The standard InChI is InChI=1S/C14H19N3O5/c1-8-9-4-5-11(17(9)16-7-15-8)14(21-3)13(2,20)12(19)10(6-18)22-14/h4-5,7,10,12,18-20H,6H2,1-3H3/t10-,12-,13-,14+/m1/s1. The first-order valence-corrected chi connectivity index (χ1v) is 6.93. The normalized spacial score (nSPS) is 35.4. The van der Waals surface area contributed by atoms with Crippen LogP contribution in [0.25, 0.3) is 5.52 Å². The summed E-state index contributed by atoms with van der Waals surface area (Å²) in [6.45, 7) is 2.79. The SMILES string of the molecule is CO[C@@]1(c2ccc3c(C)ncnn23)O[C@H](CO)[C@@H](O)[C@@]1(C)O. The molecule has 0 unspecified atom stereocenters. The fourth-order valence-corrected chi connectivity index (χ4v) is 3.08. The summed E-state index contributed by atoms with van der Waals surface area (Å²) >= 11 is 0. The van der Waals surface area contributed by atoms with Crippen molar-refractivity contribution in [3.8, 4) is 0 Å². The quantitative estimate of drug-likeness (QED) is 0.690. The molecule has 0 bridgehead atoms. The second-order valence-electron chi connectivity index (χ2n) is 5.61. The third kappa shape index (κ3) is 1.76. The number of methoxy groups -OCH3 is 1. The molecule has 4 atom stereocenters. The number of fused-ring (bicyclic) bond motifs is 1. The van der Waals surface area contributed by atoms with E-state index in [0.717, 1.165) is 11.2 Å². The summed E-state index contributed by atoms with van der Waals surface area (Å²) in [4.78, 5) is 4.11. The molecule has 3 rings (SSSR count). The largest absolute Gasteiger partial charge is 0.394 e. The molecule has 120 valence electrons. The lowest BCUT2D eigenvalue weighted by atomic mass is 9.88. The Morgan fingerprint density at radius 2 is 2.18 bits per heavy atom. The highest BCUT2D eigenvalue weighted by Crippen LogP contribution is 2.47. The van der Waals surface area contributed by atoms with Crippen molar-refractivity contribution < 1.29 is 24.8 Å². The Balaban J connectivity index is 2.24. The van der Waals surface area contributed by atoms with Gasteiger partial charge in [-0.15, -0.1) is 0 Å². The minimum Gasteiger partial charge on any atom is -0.394 e. The maximum atomic E-state index is 10.8. The van der Waals surface area contributed by atoms with Gasteiger partial charge in [0.1, 0.15) is 24.2 Å². The van der Waals surface area contributed by atoms with Crippen LogP contribution < -0.4 is 0 Å². The van der Waals surface area contributed by atoms with Crippen LogP contribution in [0.15, 0.2) is 18.5 Å². The molecule has 8 nitrogen and oxygen atoms in total. The van der Waals surface area contributed by atoms with Gasteiger partial charge >= 0.3 is 0 Å². The minimum atomic E-state index is -1.78.